The molecular weight excluding hydrogens is 212 g/mol. The first-order valence-electron chi connectivity index (χ1n) is 4.57. The van der Waals surface area contributed by atoms with Crippen LogP contribution < -0.4 is 5.73 Å². The van der Waals surface area contributed by atoms with Crippen molar-refractivity contribution in [3.05, 3.63) is 18.2 Å². The fourth-order valence-corrected chi connectivity index (χ4v) is 1.93. The van der Waals surface area contributed by atoms with Gasteiger partial charge in [-0.05, 0) is 12.1 Å². The van der Waals surface area contributed by atoms with Crippen LogP contribution in [-0.4, -0.2) is 24.5 Å². The smallest absolute Gasteiger partial charge is 0.256 e. The zero-order valence-corrected chi connectivity index (χ0v) is 9.21. The van der Waals surface area contributed by atoms with Gasteiger partial charge in [0, 0.05) is 24.6 Å². The number of anilines is 1. The predicted molar refractivity (Wildman–Crippen MR) is 61.0 cm³/mol. The molecule has 80 valence electrons. The lowest BCUT2D eigenvalue weighted by molar-refractivity contribution is 0.218. The van der Waals surface area contributed by atoms with Gasteiger partial charge in [-0.1, -0.05) is 11.8 Å². The zero-order chi connectivity index (χ0) is 10.7. The first kappa shape index (κ1) is 10.3. The van der Waals surface area contributed by atoms with Gasteiger partial charge in [0.25, 0.3) is 5.22 Å². The molecule has 5 heteroatoms. The third kappa shape index (κ3) is 2.43. The summed E-state index contributed by atoms with van der Waals surface area (Å²) in [5.41, 5.74) is 7.90. The molecule has 0 aliphatic heterocycles. The number of fused-ring (bicyclic) bond motifs is 1. The van der Waals surface area contributed by atoms with E-state index < -0.39 is 0 Å². The number of methoxy groups -OCH3 is 1. The molecule has 0 aliphatic rings. The lowest BCUT2D eigenvalue weighted by Crippen LogP contribution is -1.90. The van der Waals surface area contributed by atoms with Crippen LogP contribution in [0.25, 0.3) is 11.1 Å². The summed E-state index contributed by atoms with van der Waals surface area (Å²) >= 11 is 1.53. The van der Waals surface area contributed by atoms with Crippen LogP contribution in [0.15, 0.2) is 27.8 Å². The first-order chi connectivity index (χ1) is 7.29. The summed E-state index contributed by atoms with van der Waals surface area (Å²) in [4.78, 5) is 4.31. The van der Waals surface area contributed by atoms with Crippen LogP contribution in [-0.2, 0) is 4.74 Å². The topological polar surface area (TPSA) is 61.3 Å². The second-order valence-corrected chi connectivity index (χ2v) is 4.09. The molecule has 0 bridgehead atoms. The second-order valence-electron chi connectivity index (χ2n) is 3.05. The van der Waals surface area contributed by atoms with Crippen LogP contribution in [0.2, 0.25) is 0 Å². The summed E-state index contributed by atoms with van der Waals surface area (Å²) in [7, 11) is 1.67. The molecule has 0 atom stereocenters. The van der Waals surface area contributed by atoms with Gasteiger partial charge < -0.3 is 14.9 Å². The van der Waals surface area contributed by atoms with E-state index in [2.05, 4.69) is 4.98 Å². The molecule has 4 nitrogen and oxygen atoms in total. The van der Waals surface area contributed by atoms with Gasteiger partial charge in [-0.3, -0.25) is 0 Å². The molecule has 1 heterocycles. The molecule has 0 radical (unpaired) electrons. The minimum absolute atomic E-state index is 0.660. The van der Waals surface area contributed by atoms with E-state index >= 15 is 0 Å². The van der Waals surface area contributed by atoms with Gasteiger partial charge in [0.05, 0.1) is 6.61 Å². The van der Waals surface area contributed by atoms with Gasteiger partial charge >= 0.3 is 0 Å². The Morgan fingerprint density at radius 2 is 2.40 bits per heavy atom. The fourth-order valence-electron chi connectivity index (χ4n) is 1.19. The van der Waals surface area contributed by atoms with Gasteiger partial charge in [-0.15, -0.1) is 0 Å². The SMILES string of the molecule is COCCSc1nc2ccc(N)cc2o1. The van der Waals surface area contributed by atoms with Crippen molar-refractivity contribution in [1.82, 2.24) is 4.98 Å². The van der Waals surface area contributed by atoms with Crippen molar-refractivity contribution in [2.75, 3.05) is 25.2 Å². The number of nitrogens with zero attached hydrogens (tertiary/aromatic N) is 1. The molecular formula is C10H12N2O2S. The lowest BCUT2D eigenvalue weighted by atomic mass is 10.3. The Morgan fingerprint density at radius 1 is 1.53 bits per heavy atom. The molecule has 0 saturated carbocycles. The third-order valence-corrected chi connectivity index (χ3v) is 2.70. The standard InChI is InChI=1S/C10H12N2O2S/c1-13-4-5-15-10-12-8-3-2-7(11)6-9(8)14-10/h2-3,6H,4-5,11H2,1H3. The molecule has 0 saturated heterocycles. The van der Waals surface area contributed by atoms with Gasteiger partial charge in [-0.25, -0.2) is 4.98 Å². The molecule has 2 rings (SSSR count). The van der Waals surface area contributed by atoms with Crippen LogP contribution >= 0.6 is 11.8 Å². The van der Waals surface area contributed by atoms with E-state index in [9.17, 15) is 0 Å². The second kappa shape index (κ2) is 4.55. The number of oxazole rings is 1. The highest BCUT2D eigenvalue weighted by molar-refractivity contribution is 7.99. The van der Waals surface area contributed by atoms with E-state index in [1.807, 2.05) is 12.1 Å². The number of benzene rings is 1. The van der Waals surface area contributed by atoms with Crippen molar-refractivity contribution in [2.24, 2.45) is 0 Å². The molecule has 15 heavy (non-hydrogen) atoms. The number of nitrogen functional groups attached to an aromatic ring is 1. The fraction of sp³-hybridized carbons (Fsp3) is 0.300. The summed E-state index contributed by atoms with van der Waals surface area (Å²) in [5.74, 6) is 0.832. The van der Waals surface area contributed by atoms with Crippen molar-refractivity contribution < 1.29 is 9.15 Å². The maximum absolute atomic E-state index is 5.64. The van der Waals surface area contributed by atoms with E-state index in [1.165, 1.54) is 11.8 Å². The number of hydrogen-bond acceptors (Lipinski definition) is 5. The van der Waals surface area contributed by atoms with E-state index in [0.717, 1.165) is 16.9 Å². The number of nitrogens with two attached hydrogens (primary N) is 1. The summed E-state index contributed by atoms with van der Waals surface area (Å²) in [6.07, 6.45) is 0. The lowest BCUT2D eigenvalue weighted by Gasteiger charge is -1.93. The van der Waals surface area contributed by atoms with Gasteiger partial charge in [-0.2, -0.15) is 0 Å². The van der Waals surface area contributed by atoms with Crippen molar-refractivity contribution in [3.63, 3.8) is 0 Å². The highest BCUT2D eigenvalue weighted by atomic mass is 32.2. The Kier molecular flexibility index (Phi) is 3.13. The molecule has 0 spiro atoms. The highest BCUT2D eigenvalue weighted by Gasteiger charge is 2.05. The molecule has 1 aromatic carbocycles. The number of ether oxygens (including phenoxy) is 1. The normalized spacial score (nSPS) is 11.0. The largest absolute Gasteiger partial charge is 0.431 e. The summed E-state index contributed by atoms with van der Waals surface area (Å²) in [6, 6.07) is 5.45. The number of aromatic nitrogens is 1. The van der Waals surface area contributed by atoms with E-state index in [-0.39, 0.29) is 0 Å². The summed E-state index contributed by atoms with van der Waals surface area (Å²) in [6.45, 7) is 0.686. The van der Waals surface area contributed by atoms with Crippen LogP contribution in [0.3, 0.4) is 0 Å². The van der Waals surface area contributed by atoms with Crippen molar-refractivity contribution in [3.8, 4) is 0 Å². The number of hydrogen-bond donors (Lipinski definition) is 1. The average molecular weight is 224 g/mol. The van der Waals surface area contributed by atoms with E-state index in [0.29, 0.717) is 17.5 Å². The monoisotopic (exact) mass is 224 g/mol. The highest BCUT2D eigenvalue weighted by Crippen LogP contribution is 2.24. The van der Waals surface area contributed by atoms with E-state index in [1.54, 1.807) is 13.2 Å². The molecule has 0 unspecified atom stereocenters. The molecule has 2 N–H and O–H groups in total. The number of rotatable bonds is 4. The molecule has 0 aliphatic carbocycles. The Labute approximate surface area is 91.8 Å². The van der Waals surface area contributed by atoms with Crippen molar-refractivity contribution in [1.29, 1.82) is 0 Å². The van der Waals surface area contributed by atoms with Gasteiger partial charge in [0.1, 0.15) is 5.52 Å². The quantitative estimate of drug-likeness (QED) is 0.490. The maximum Gasteiger partial charge on any atom is 0.256 e. The summed E-state index contributed by atoms with van der Waals surface area (Å²) in [5, 5.41) is 0.660. The molecule has 2 aromatic rings. The minimum atomic E-state index is 0.660. The molecule has 0 fully saturated rings. The zero-order valence-electron chi connectivity index (χ0n) is 8.40. The van der Waals surface area contributed by atoms with Gasteiger partial charge in [0.15, 0.2) is 5.58 Å². The Balaban J connectivity index is 2.16. The minimum Gasteiger partial charge on any atom is -0.431 e. The predicted octanol–water partition coefficient (Wildman–Crippen LogP) is 2.15. The molecule has 0 amide bonds. The first-order valence-corrected chi connectivity index (χ1v) is 5.56. The third-order valence-electron chi connectivity index (χ3n) is 1.91. The van der Waals surface area contributed by atoms with Crippen LogP contribution in [0, 0.1) is 0 Å². The Hall–Kier alpha value is -1.20. The van der Waals surface area contributed by atoms with E-state index in [4.69, 9.17) is 14.9 Å². The number of thioether (sulfide) groups is 1. The van der Waals surface area contributed by atoms with Crippen LogP contribution in [0.5, 0.6) is 0 Å². The summed E-state index contributed by atoms with van der Waals surface area (Å²) < 4.78 is 10.5. The van der Waals surface area contributed by atoms with Crippen LogP contribution in [0.4, 0.5) is 5.69 Å². The van der Waals surface area contributed by atoms with Crippen molar-refractivity contribution >= 4 is 28.5 Å². The average Bonchev–Trinajstić information content (AvgIpc) is 2.60. The van der Waals surface area contributed by atoms with Crippen LogP contribution in [0.1, 0.15) is 0 Å². The van der Waals surface area contributed by atoms with Crippen molar-refractivity contribution in [2.45, 2.75) is 5.22 Å². The molecule has 1 aromatic heterocycles. The van der Waals surface area contributed by atoms with Gasteiger partial charge in [0.2, 0.25) is 0 Å². The Bertz CT molecular complexity index is 456. The Morgan fingerprint density at radius 3 is 3.20 bits per heavy atom. The maximum atomic E-state index is 5.64.